The summed E-state index contributed by atoms with van der Waals surface area (Å²) in [5, 5.41) is 2.93. The number of hydrogen-bond acceptors (Lipinski definition) is 5. The Bertz CT molecular complexity index is 706. The molecule has 0 saturated carbocycles. The summed E-state index contributed by atoms with van der Waals surface area (Å²) in [6.45, 7) is 3.48. The molecule has 3 rings (SSSR count). The van der Waals surface area contributed by atoms with E-state index in [1.165, 1.54) is 18.4 Å². The molecule has 2 aromatic rings. The molecular weight excluding hydrogens is 396 g/mol. The van der Waals surface area contributed by atoms with Gasteiger partial charge in [0.25, 0.3) is 5.91 Å². The van der Waals surface area contributed by atoms with Crippen molar-refractivity contribution in [3.63, 3.8) is 0 Å². The van der Waals surface area contributed by atoms with Crippen molar-refractivity contribution in [1.82, 2.24) is 10.2 Å². The van der Waals surface area contributed by atoms with E-state index in [9.17, 15) is 9.18 Å². The van der Waals surface area contributed by atoms with Gasteiger partial charge in [-0.25, -0.2) is 4.39 Å². The molecule has 150 valence electrons. The van der Waals surface area contributed by atoms with Crippen LogP contribution in [0.5, 0.6) is 0 Å². The largest absolute Gasteiger partial charge is 0.467 e. The first kappa shape index (κ1) is 23.4. The number of rotatable bonds is 6. The Kier molecular flexibility index (Phi) is 9.76. The lowest BCUT2D eigenvalue weighted by molar-refractivity contribution is 0.0162. The highest BCUT2D eigenvalue weighted by Crippen LogP contribution is 2.22. The highest BCUT2D eigenvalue weighted by atomic mass is 35.5. The topological polar surface area (TPSA) is 80.7 Å². The van der Waals surface area contributed by atoms with Gasteiger partial charge in [-0.05, 0) is 23.8 Å². The van der Waals surface area contributed by atoms with Crippen molar-refractivity contribution < 1.29 is 18.3 Å². The maximum absolute atomic E-state index is 13.2. The van der Waals surface area contributed by atoms with Crippen LogP contribution in [0, 0.1) is 5.82 Å². The summed E-state index contributed by atoms with van der Waals surface area (Å²) in [7, 11) is 0. The Morgan fingerprint density at radius 3 is 2.48 bits per heavy atom. The molecule has 1 aliphatic heterocycles. The molecular formula is C18H24Cl2FN3O3. The van der Waals surface area contributed by atoms with Gasteiger partial charge >= 0.3 is 0 Å². The van der Waals surface area contributed by atoms with E-state index in [1.54, 1.807) is 18.2 Å². The van der Waals surface area contributed by atoms with Crippen LogP contribution in [-0.4, -0.2) is 43.7 Å². The van der Waals surface area contributed by atoms with E-state index >= 15 is 0 Å². The molecule has 0 radical (unpaired) electrons. The zero-order valence-corrected chi connectivity index (χ0v) is 16.4. The maximum atomic E-state index is 13.2. The van der Waals surface area contributed by atoms with Crippen molar-refractivity contribution in [2.45, 2.75) is 12.6 Å². The molecule has 3 N–H and O–H groups in total. The summed E-state index contributed by atoms with van der Waals surface area (Å²) in [6, 6.07) is 7.98. The third kappa shape index (κ3) is 6.19. The Hall–Kier alpha value is -1.64. The minimum Gasteiger partial charge on any atom is -0.467 e. The van der Waals surface area contributed by atoms with Crippen molar-refractivity contribution in [2.24, 2.45) is 5.73 Å². The number of ether oxygens (including phenoxy) is 1. The number of carbonyl (C=O) groups is 1. The third-order valence-electron chi connectivity index (χ3n) is 4.31. The lowest BCUT2D eigenvalue weighted by atomic mass is 10.0. The van der Waals surface area contributed by atoms with Crippen LogP contribution in [0.25, 0.3) is 0 Å². The highest BCUT2D eigenvalue weighted by Gasteiger charge is 2.23. The van der Waals surface area contributed by atoms with Gasteiger partial charge in [0.05, 0.1) is 31.4 Å². The highest BCUT2D eigenvalue weighted by molar-refractivity contribution is 5.94. The predicted molar refractivity (Wildman–Crippen MR) is 105 cm³/mol. The summed E-state index contributed by atoms with van der Waals surface area (Å²) in [6.07, 6.45) is 1.40. The van der Waals surface area contributed by atoms with Crippen LogP contribution in [-0.2, 0) is 11.3 Å². The van der Waals surface area contributed by atoms with Gasteiger partial charge in [-0.3, -0.25) is 9.69 Å². The van der Waals surface area contributed by atoms with Gasteiger partial charge in [-0.15, -0.1) is 24.8 Å². The number of halogens is 3. The minimum atomic E-state index is -0.277. The normalized spacial score (nSPS) is 15.3. The lowest BCUT2D eigenvalue weighted by Crippen LogP contribution is -2.43. The van der Waals surface area contributed by atoms with E-state index in [1.807, 2.05) is 0 Å². The van der Waals surface area contributed by atoms with Crippen LogP contribution in [0.4, 0.5) is 4.39 Å². The van der Waals surface area contributed by atoms with Gasteiger partial charge in [-0.1, -0.05) is 12.1 Å². The molecule has 1 saturated heterocycles. The first-order chi connectivity index (χ1) is 12.2. The fraction of sp³-hybridized carbons (Fsp3) is 0.389. The predicted octanol–water partition coefficient (Wildman–Crippen LogP) is 2.52. The summed E-state index contributed by atoms with van der Waals surface area (Å²) in [5.41, 5.74) is 6.90. The fourth-order valence-corrected chi connectivity index (χ4v) is 2.93. The Morgan fingerprint density at radius 2 is 1.89 bits per heavy atom. The van der Waals surface area contributed by atoms with Gasteiger partial charge < -0.3 is 20.2 Å². The first-order valence-corrected chi connectivity index (χ1v) is 8.30. The molecule has 1 unspecified atom stereocenters. The number of morpholine rings is 1. The van der Waals surface area contributed by atoms with E-state index < -0.39 is 0 Å². The second kappa shape index (κ2) is 11.3. The molecule has 27 heavy (non-hydrogen) atoms. The SMILES string of the molecule is Cl.Cl.NCc1cc(C(=O)NCC(c2ccc(F)cc2)N2CCOCC2)co1. The molecule has 1 fully saturated rings. The van der Waals surface area contributed by atoms with Gasteiger partial charge in [-0.2, -0.15) is 0 Å². The monoisotopic (exact) mass is 419 g/mol. The number of benzene rings is 1. The van der Waals surface area contributed by atoms with Gasteiger partial charge in [0.2, 0.25) is 0 Å². The zero-order chi connectivity index (χ0) is 17.6. The quantitative estimate of drug-likeness (QED) is 0.751. The van der Waals surface area contributed by atoms with Crippen molar-refractivity contribution in [3.8, 4) is 0 Å². The molecule has 6 nitrogen and oxygen atoms in total. The average molecular weight is 420 g/mol. The summed E-state index contributed by atoms with van der Waals surface area (Å²) in [4.78, 5) is 14.6. The number of nitrogens with two attached hydrogens (primary N) is 1. The third-order valence-corrected chi connectivity index (χ3v) is 4.31. The Morgan fingerprint density at radius 1 is 1.22 bits per heavy atom. The van der Waals surface area contributed by atoms with Crippen molar-refractivity contribution >= 4 is 30.7 Å². The number of hydrogen-bond donors (Lipinski definition) is 2. The molecule has 1 aromatic carbocycles. The summed E-state index contributed by atoms with van der Waals surface area (Å²) < 4.78 is 23.8. The van der Waals surface area contributed by atoms with E-state index in [0.29, 0.717) is 31.1 Å². The van der Waals surface area contributed by atoms with Crippen LogP contribution in [0.1, 0.15) is 27.7 Å². The van der Waals surface area contributed by atoms with Crippen LogP contribution in [0.3, 0.4) is 0 Å². The van der Waals surface area contributed by atoms with Gasteiger partial charge in [0.1, 0.15) is 17.8 Å². The summed E-state index contributed by atoms with van der Waals surface area (Å²) in [5.74, 6) is 0.0680. The molecule has 2 heterocycles. The molecule has 0 spiro atoms. The fourth-order valence-electron chi connectivity index (χ4n) is 2.93. The number of nitrogens with zero attached hydrogens (tertiary/aromatic N) is 1. The number of amides is 1. The van der Waals surface area contributed by atoms with Crippen LogP contribution in [0.2, 0.25) is 0 Å². The molecule has 1 aliphatic rings. The molecule has 1 amide bonds. The average Bonchev–Trinajstić information content (AvgIpc) is 3.13. The second-order valence-corrected chi connectivity index (χ2v) is 5.93. The number of nitrogens with one attached hydrogen (secondary N) is 1. The number of furan rings is 1. The Labute approximate surface area is 170 Å². The molecule has 1 aromatic heterocycles. The minimum absolute atomic E-state index is 0. The lowest BCUT2D eigenvalue weighted by Gasteiger charge is -2.34. The van der Waals surface area contributed by atoms with Crippen molar-refractivity contribution in [2.75, 3.05) is 32.8 Å². The zero-order valence-electron chi connectivity index (χ0n) is 14.7. The molecule has 1 atom stereocenters. The molecule has 9 heteroatoms. The van der Waals surface area contributed by atoms with E-state index in [-0.39, 0.29) is 49.1 Å². The van der Waals surface area contributed by atoms with Gasteiger partial charge in [0, 0.05) is 19.6 Å². The van der Waals surface area contributed by atoms with Crippen LogP contribution < -0.4 is 11.1 Å². The van der Waals surface area contributed by atoms with E-state index in [2.05, 4.69) is 10.2 Å². The molecule has 0 aliphatic carbocycles. The van der Waals surface area contributed by atoms with E-state index in [0.717, 1.165) is 18.7 Å². The number of carbonyl (C=O) groups excluding carboxylic acids is 1. The second-order valence-electron chi connectivity index (χ2n) is 5.93. The van der Waals surface area contributed by atoms with Crippen molar-refractivity contribution in [3.05, 3.63) is 59.3 Å². The first-order valence-electron chi connectivity index (χ1n) is 8.30. The van der Waals surface area contributed by atoms with Gasteiger partial charge in [0.15, 0.2) is 0 Å². The summed E-state index contributed by atoms with van der Waals surface area (Å²) >= 11 is 0. The van der Waals surface area contributed by atoms with Crippen LogP contribution in [0.15, 0.2) is 41.0 Å². The smallest absolute Gasteiger partial charge is 0.254 e. The van der Waals surface area contributed by atoms with E-state index in [4.69, 9.17) is 14.9 Å². The molecule has 0 bridgehead atoms. The Balaban J connectivity index is 0.00000182. The standard InChI is InChI=1S/C18H22FN3O3.2ClH/c19-15-3-1-13(2-4-15)17(22-5-7-24-8-6-22)11-21-18(23)14-9-16(10-20)25-12-14;;/h1-4,9,12,17H,5-8,10-11,20H2,(H,21,23);2*1H. The maximum Gasteiger partial charge on any atom is 0.254 e. The van der Waals surface area contributed by atoms with Crippen molar-refractivity contribution in [1.29, 1.82) is 0 Å². The van der Waals surface area contributed by atoms with Crippen LogP contribution >= 0.6 is 24.8 Å².